The summed E-state index contributed by atoms with van der Waals surface area (Å²) in [6, 6.07) is -0.997. The lowest BCUT2D eigenvalue weighted by molar-refractivity contribution is -0.124. The van der Waals surface area contributed by atoms with E-state index < -0.39 is 38.6 Å². The standard InChI is InChI=1S/C51H101N2O7P/c1-3-5-7-9-11-13-15-17-19-21-23-25-26-28-30-32-34-36-38-40-42-48(54)46-51(56)53-49(47-60-61(57,58)59-45-44-52)50(55)43-41-39-37-35-33-31-29-27-24-22-20-18-16-14-12-10-8-6-4-2/h33,35,41,43,48-50,54-55H,3-32,34,36-40,42,44-47,52H2,1-2H3,(H,53,56)(H,57,58)/b35-33+,43-41+. The first-order chi connectivity index (χ1) is 29.8. The molecular formula is C51H101N2O7P. The minimum absolute atomic E-state index is 0.0463. The molecule has 0 aliphatic heterocycles. The highest BCUT2D eigenvalue weighted by Gasteiger charge is 2.27. The van der Waals surface area contributed by atoms with Crippen molar-refractivity contribution in [3.63, 3.8) is 0 Å². The largest absolute Gasteiger partial charge is 0.472 e. The Morgan fingerprint density at radius 1 is 0.557 bits per heavy atom. The van der Waals surface area contributed by atoms with Gasteiger partial charge in [-0.1, -0.05) is 244 Å². The van der Waals surface area contributed by atoms with Crippen LogP contribution in [0.4, 0.5) is 0 Å². The Bertz CT molecular complexity index is 1030. The van der Waals surface area contributed by atoms with E-state index in [9.17, 15) is 24.5 Å². The number of nitrogens with one attached hydrogen (secondary N) is 1. The molecule has 0 rings (SSSR count). The Hall–Kier alpha value is -1.06. The van der Waals surface area contributed by atoms with Crippen molar-refractivity contribution in [2.45, 2.75) is 276 Å². The third kappa shape index (κ3) is 45.3. The van der Waals surface area contributed by atoms with Gasteiger partial charge in [0.05, 0.1) is 37.9 Å². The molecule has 0 spiro atoms. The fourth-order valence-electron chi connectivity index (χ4n) is 7.90. The molecule has 0 heterocycles. The fourth-order valence-corrected chi connectivity index (χ4v) is 8.66. The normalized spacial score (nSPS) is 14.5. The monoisotopic (exact) mass is 885 g/mol. The van der Waals surface area contributed by atoms with Gasteiger partial charge in [-0.25, -0.2) is 4.57 Å². The lowest BCUT2D eigenvalue weighted by Gasteiger charge is -2.24. The number of hydrogen-bond acceptors (Lipinski definition) is 7. The summed E-state index contributed by atoms with van der Waals surface area (Å²) in [5, 5.41) is 24.2. The van der Waals surface area contributed by atoms with Crippen molar-refractivity contribution < 1.29 is 33.5 Å². The number of unbranched alkanes of at least 4 members (excludes halogenated alkanes) is 33. The molecule has 6 N–H and O–H groups in total. The van der Waals surface area contributed by atoms with Crippen LogP contribution in [0.5, 0.6) is 0 Å². The van der Waals surface area contributed by atoms with Gasteiger partial charge in [-0.05, 0) is 32.1 Å². The summed E-state index contributed by atoms with van der Waals surface area (Å²) < 4.78 is 22.2. The number of hydrogen-bond donors (Lipinski definition) is 5. The van der Waals surface area contributed by atoms with Crippen molar-refractivity contribution in [1.29, 1.82) is 0 Å². The van der Waals surface area contributed by atoms with Gasteiger partial charge in [-0.15, -0.1) is 0 Å². The molecule has 0 aromatic rings. The molecule has 9 nitrogen and oxygen atoms in total. The van der Waals surface area contributed by atoms with Crippen LogP contribution in [0.1, 0.15) is 258 Å². The average molecular weight is 885 g/mol. The summed E-state index contributed by atoms with van der Waals surface area (Å²) in [6.45, 7) is 3.99. The maximum absolute atomic E-state index is 12.9. The first-order valence-electron chi connectivity index (χ1n) is 26.0. The van der Waals surface area contributed by atoms with E-state index in [1.54, 1.807) is 6.08 Å². The third-order valence-corrected chi connectivity index (χ3v) is 12.8. The van der Waals surface area contributed by atoms with Gasteiger partial charge >= 0.3 is 7.82 Å². The number of carbonyl (C=O) groups excluding carboxylic acids is 1. The SMILES string of the molecule is CCCCCCCCCCCCCCC/C=C/CC/C=C/C(O)C(COP(=O)(O)OCCN)NC(=O)CC(O)CCCCCCCCCCCCCCCCCCCCCC. The van der Waals surface area contributed by atoms with Crippen LogP contribution in [-0.4, -0.2) is 59.0 Å². The Morgan fingerprint density at radius 2 is 0.934 bits per heavy atom. The first-order valence-corrected chi connectivity index (χ1v) is 27.5. The molecule has 0 aliphatic rings. The van der Waals surface area contributed by atoms with Gasteiger partial charge in [-0.3, -0.25) is 13.8 Å². The number of aliphatic hydroxyl groups is 2. The zero-order valence-electron chi connectivity index (χ0n) is 40.0. The van der Waals surface area contributed by atoms with Crippen molar-refractivity contribution in [2.75, 3.05) is 19.8 Å². The summed E-state index contributed by atoms with van der Waals surface area (Å²) in [7, 11) is -4.41. The molecule has 0 aromatic heterocycles. The smallest absolute Gasteiger partial charge is 0.393 e. The number of carbonyl (C=O) groups is 1. The number of allylic oxidation sites excluding steroid dienone is 3. The van der Waals surface area contributed by atoms with Crippen LogP contribution in [0.25, 0.3) is 0 Å². The number of phosphoric ester groups is 1. The van der Waals surface area contributed by atoms with Crippen LogP contribution < -0.4 is 11.1 Å². The number of aliphatic hydroxyl groups excluding tert-OH is 2. The molecule has 4 atom stereocenters. The van der Waals surface area contributed by atoms with Gasteiger partial charge in [0.15, 0.2) is 0 Å². The maximum Gasteiger partial charge on any atom is 0.472 e. The van der Waals surface area contributed by atoms with E-state index in [1.807, 2.05) is 6.08 Å². The minimum Gasteiger partial charge on any atom is -0.393 e. The highest BCUT2D eigenvalue weighted by atomic mass is 31.2. The molecule has 0 saturated carbocycles. The third-order valence-electron chi connectivity index (χ3n) is 11.8. The second kappa shape index (κ2) is 46.9. The van der Waals surface area contributed by atoms with Crippen molar-refractivity contribution in [2.24, 2.45) is 5.73 Å². The van der Waals surface area contributed by atoms with E-state index in [2.05, 4.69) is 31.3 Å². The lowest BCUT2D eigenvalue weighted by atomic mass is 10.0. The summed E-state index contributed by atoms with van der Waals surface area (Å²) in [5.74, 6) is -0.450. The predicted octanol–water partition coefficient (Wildman–Crippen LogP) is 14.3. The van der Waals surface area contributed by atoms with Crippen molar-refractivity contribution >= 4 is 13.7 Å². The molecule has 0 bridgehead atoms. The lowest BCUT2D eigenvalue weighted by Crippen LogP contribution is -2.46. The van der Waals surface area contributed by atoms with Gasteiger partial charge in [0.1, 0.15) is 0 Å². The highest BCUT2D eigenvalue weighted by Crippen LogP contribution is 2.43. The minimum atomic E-state index is -4.41. The Labute approximate surface area is 377 Å². The molecule has 4 unspecified atom stereocenters. The Morgan fingerprint density at radius 3 is 1.36 bits per heavy atom. The maximum atomic E-state index is 12.9. The molecule has 0 radical (unpaired) electrons. The van der Waals surface area contributed by atoms with Crippen LogP contribution in [0.2, 0.25) is 0 Å². The number of amides is 1. The number of nitrogens with two attached hydrogens (primary N) is 1. The van der Waals surface area contributed by atoms with Gasteiger partial charge in [0.25, 0.3) is 0 Å². The summed E-state index contributed by atoms with van der Waals surface area (Å²) in [6.07, 6.45) is 52.8. The van der Waals surface area contributed by atoms with Gasteiger partial charge < -0.3 is 26.2 Å². The molecule has 1 amide bonds. The quantitative estimate of drug-likeness (QED) is 0.0230. The Balaban J connectivity index is 4.20. The number of phosphoric acid groups is 1. The van der Waals surface area contributed by atoms with Crippen molar-refractivity contribution in [3.05, 3.63) is 24.3 Å². The van der Waals surface area contributed by atoms with Crippen molar-refractivity contribution in [3.8, 4) is 0 Å². The molecule has 362 valence electrons. The molecular weight excluding hydrogens is 784 g/mol. The molecule has 10 heteroatoms. The van der Waals surface area contributed by atoms with E-state index in [0.717, 1.165) is 32.1 Å². The van der Waals surface area contributed by atoms with Gasteiger partial charge in [0, 0.05) is 6.54 Å². The molecule has 0 aliphatic carbocycles. The molecule has 0 saturated heterocycles. The van der Waals surface area contributed by atoms with Crippen LogP contribution in [0.15, 0.2) is 24.3 Å². The second-order valence-electron chi connectivity index (χ2n) is 17.9. The number of rotatable bonds is 49. The highest BCUT2D eigenvalue weighted by molar-refractivity contribution is 7.47. The van der Waals surface area contributed by atoms with Gasteiger partial charge in [-0.2, -0.15) is 0 Å². The summed E-state index contributed by atoms with van der Waals surface area (Å²) in [4.78, 5) is 22.9. The fraction of sp³-hybridized carbons (Fsp3) is 0.902. The van der Waals surface area contributed by atoms with E-state index >= 15 is 0 Å². The van der Waals surface area contributed by atoms with Gasteiger partial charge in [0.2, 0.25) is 5.91 Å². The first kappa shape index (κ1) is 59.9. The van der Waals surface area contributed by atoms with E-state index in [1.165, 1.54) is 193 Å². The van der Waals surface area contributed by atoms with E-state index in [-0.39, 0.29) is 19.6 Å². The summed E-state index contributed by atoms with van der Waals surface area (Å²) in [5.41, 5.74) is 5.38. The second-order valence-corrected chi connectivity index (χ2v) is 19.4. The zero-order chi connectivity index (χ0) is 44.8. The van der Waals surface area contributed by atoms with Crippen molar-refractivity contribution in [1.82, 2.24) is 5.32 Å². The molecule has 61 heavy (non-hydrogen) atoms. The van der Waals surface area contributed by atoms with Crippen LogP contribution in [0, 0.1) is 0 Å². The van der Waals surface area contributed by atoms with E-state index in [0.29, 0.717) is 12.8 Å². The topological polar surface area (TPSA) is 151 Å². The average Bonchev–Trinajstić information content (AvgIpc) is 3.24. The predicted molar refractivity (Wildman–Crippen MR) is 260 cm³/mol. The van der Waals surface area contributed by atoms with Crippen LogP contribution in [0.3, 0.4) is 0 Å². The van der Waals surface area contributed by atoms with Crippen LogP contribution >= 0.6 is 7.82 Å². The zero-order valence-corrected chi connectivity index (χ0v) is 40.9. The van der Waals surface area contributed by atoms with Crippen LogP contribution in [-0.2, 0) is 18.4 Å². The van der Waals surface area contributed by atoms with E-state index in [4.69, 9.17) is 14.8 Å². The molecule has 0 aromatic carbocycles. The molecule has 0 fully saturated rings. The summed E-state index contributed by atoms with van der Waals surface area (Å²) >= 11 is 0. The Kier molecular flexibility index (Phi) is 46.1.